The lowest BCUT2D eigenvalue weighted by Gasteiger charge is -2.28. The number of carbonyl (C=O) groups is 1. The molecule has 2 heterocycles. The van der Waals surface area contributed by atoms with Crippen LogP contribution in [0.2, 0.25) is 0 Å². The molecular formula is C13H21N3O. The molecule has 0 spiro atoms. The summed E-state index contributed by atoms with van der Waals surface area (Å²) in [7, 11) is 0. The molecule has 1 atom stereocenters. The summed E-state index contributed by atoms with van der Waals surface area (Å²) in [6.45, 7) is 7.71. The summed E-state index contributed by atoms with van der Waals surface area (Å²) in [6, 6.07) is 4.27. The predicted molar refractivity (Wildman–Crippen MR) is 68.2 cm³/mol. The molecule has 1 aromatic rings. The average molecular weight is 235 g/mol. The molecule has 0 aliphatic carbocycles. The lowest BCUT2D eigenvalue weighted by atomic mass is 10.2. The first-order valence-electron chi connectivity index (χ1n) is 6.41. The van der Waals surface area contributed by atoms with Gasteiger partial charge in [-0.15, -0.1) is 0 Å². The summed E-state index contributed by atoms with van der Waals surface area (Å²) in [5.41, 5.74) is 0.821. The van der Waals surface area contributed by atoms with Crippen molar-refractivity contribution in [3.05, 3.63) is 24.0 Å². The van der Waals surface area contributed by atoms with Crippen LogP contribution in [0.1, 0.15) is 36.8 Å². The van der Waals surface area contributed by atoms with Gasteiger partial charge in [-0.1, -0.05) is 6.92 Å². The van der Waals surface area contributed by atoms with Crippen molar-refractivity contribution in [1.29, 1.82) is 0 Å². The molecule has 1 aliphatic heterocycles. The highest BCUT2D eigenvalue weighted by Gasteiger charge is 2.21. The minimum atomic E-state index is 0.164. The van der Waals surface area contributed by atoms with E-state index < -0.39 is 0 Å². The molecule has 0 bridgehead atoms. The van der Waals surface area contributed by atoms with Crippen LogP contribution in [0.15, 0.2) is 18.3 Å². The second kappa shape index (κ2) is 5.36. The van der Waals surface area contributed by atoms with Crippen LogP contribution in [-0.4, -0.2) is 41.6 Å². The summed E-state index contributed by atoms with van der Waals surface area (Å²) < 4.78 is 2.09. The molecule has 1 aliphatic rings. The smallest absolute Gasteiger partial charge is 0.270 e. The number of aromatic nitrogens is 1. The van der Waals surface area contributed by atoms with Crippen molar-refractivity contribution in [2.45, 2.75) is 26.3 Å². The fourth-order valence-corrected chi connectivity index (χ4v) is 2.19. The number of amides is 1. The van der Waals surface area contributed by atoms with Crippen molar-refractivity contribution >= 4 is 5.91 Å². The van der Waals surface area contributed by atoms with E-state index in [1.54, 1.807) is 0 Å². The van der Waals surface area contributed by atoms with Gasteiger partial charge >= 0.3 is 0 Å². The van der Waals surface area contributed by atoms with Crippen LogP contribution in [0.4, 0.5) is 0 Å². The van der Waals surface area contributed by atoms with E-state index in [0.717, 1.165) is 38.3 Å². The zero-order valence-electron chi connectivity index (χ0n) is 10.6. The van der Waals surface area contributed by atoms with E-state index >= 15 is 0 Å². The van der Waals surface area contributed by atoms with Gasteiger partial charge in [0.2, 0.25) is 0 Å². The molecule has 1 saturated heterocycles. The first kappa shape index (κ1) is 12.2. The molecule has 94 valence electrons. The number of hydrogen-bond donors (Lipinski definition) is 1. The minimum absolute atomic E-state index is 0.164. The third-order valence-corrected chi connectivity index (χ3v) is 3.47. The van der Waals surface area contributed by atoms with E-state index in [4.69, 9.17) is 0 Å². The standard InChI is InChI=1S/C13H21N3O/c1-3-11(2)16-8-4-5-12(16)13(17)15-9-6-14-7-10-15/h4-5,8,11,14H,3,6-7,9-10H2,1-2H3. The van der Waals surface area contributed by atoms with Gasteiger partial charge < -0.3 is 14.8 Å². The van der Waals surface area contributed by atoms with Gasteiger partial charge in [0.15, 0.2) is 0 Å². The van der Waals surface area contributed by atoms with Crippen LogP contribution in [-0.2, 0) is 0 Å². The number of carbonyl (C=O) groups excluding carboxylic acids is 1. The Kier molecular flexibility index (Phi) is 3.84. The normalized spacial score (nSPS) is 18.1. The molecule has 4 nitrogen and oxygen atoms in total. The number of piperazine rings is 1. The van der Waals surface area contributed by atoms with Crippen LogP contribution < -0.4 is 5.32 Å². The van der Waals surface area contributed by atoms with E-state index in [0.29, 0.717) is 6.04 Å². The van der Waals surface area contributed by atoms with Gasteiger partial charge in [-0.2, -0.15) is 0 Å². The van der Waals surface area contributed by atoms with Crippen molar-refractivity contribution in [3.63, 3.8) is 0 Å². The molecule has 2 rings (SSSR count). The zero-order valence-corrected chi connectivity index (χ0v) is 10.6. The van der Waals surface area contributed by atoms with Crippen molar-refractivity contribution < 1.29 is 4.79 Å². The van der Waals surface area contributed by atoms with Crippen molar-refractivity contribution in [1.82, 2.24) is 14.8 Å². The summed E-state index contributed by atoms with van der Waals surface area (Å²) in [5, 5.41) is 3.26. The average Bonchev–Trinajstić information content (AvgIpc) is 2.87. The predicted octanol–water partition coefficient (Wildman–Crippen LogP) is 1.50. The van der Waals surface area contributed by atoms with Gasteiger partial charge in [-0.3, -0.25) is 4.79 Å². The van der Waals surface area contributed by atoms with Crippen molar-refractivity contribution in [3.8, 4) is 0 Å². The highest BCUT2D eigenvalue weighted by molar-refractivity contribution is 5.92. The van der Waals surface area contributed by atoms with Gasteiger partial charge in [0.25, 0.3) is 5.91 Å². The molecule has 1 fully saturated rings. The second-order valence-corrected chi connectivity index (χ2v) is 4.60. The van der Waals surface area contributed by atoms with Crippen LogP contribution in [0, 0.1) is 0 Å². The molecule has 17 heavy (non-hydrogen) atoms. The molecule has 1 amide bonds. The maximum Gasteiger partial charge on any atom is 0.270 e. The maximum absolute atomic E-state index is 12.4. The molecule has 1 unspecified atom stereocenters. The van der Waals surface area contributed by atoms with Crippen LogP contribution in [0.25, 0.3) is 0 Å². The lowest BCUT2D eigenvalue weighted by Crippen LogP contribution is -2.46. The fourth-order valence-electron chi connectivity index (χ4n) is 2.19. The third kappa shape index (κ3) is 2.52. The van der Waals surface area contributed by atoms with Gasteiger partial charge in [-0.25, -0.2) is 0 Å². The van der Waals surface area contributed by atoms with E-state index in [1.165, 1.54) is 0 Å². The fraction of sp³-hybridized carbons (Fsp3) is 0.615. The van der Waals surface area contributed by atoms with Crippen molar-refractivity contribution in [2.75, 3.05) is 26.2 Å². The van der Waals surface area contributed by atoms with E-state index in [1.807, 2.05) is 23.2 Å². The maximum atomic E-state index is 12.4. The van der Waals surface area contributed by atoms with E-state index in [9.17, 15) is 4.79 Å². The Morgan fingerprint density at radius 3 is 2.82 bits per heavy atom. The third-order valence-electron chi connectivity index (χ3n) is 3.47. The summed E-state index contributed by atoms with van der Waals surface area (Å²) in [6.07, 6.45) is 3.04. The molecule has 0 saturated carbocycles. The SMILES string of the molecule is CCC(C)n1cccc1C(=O)N1CCNCC1. The molecular weight excluding hydrogens is 214 g/mol. The first-order chi connectivity index (χ1) is 8.24. The van der Waals surface area contributed by atoms with Crippen LogP contribution in [0.3, 0.4) is 0 Å². The summed E-state index contributed by atoms with van der Waals surface area (Å²) in [4.78, 5) is 14.3. The molecule has 0 aromatic carbocycles. The van der Waals surface area contributed by atoms with Gasteiger partial charge in [0.1, 0.15) is 5.69 Å². The highest BCUT2D eigenvalue weighted by Crippen LogP contribution is 2.16. The highest BCUT2D eigenvalue weighted by atomic mass is 16.2. The van der Waals surface area contributed by atoms with E-state index in [2.05, 4.69) is 23.7 Å². The molecule has 1 aromatic heterocycles. The van der Waals surface area contributed by atoms with Crippen LogP contribution in [0.5, 0.6) is 0 Å². The molecule has 0 radical (unpaired) electrons. The Hall–Kier alpha value is -1.29. The van der Waals surface area contributed by atoms with Crippen LogP contribution >= 0.6 is 0 Å². The quantitative estimate of drug-likeness (QED) is 0.862. The number of rotatable bonds is 3. The number of nitrogens with zero attached hydrogens (tertiary/aromatic N) is 2. The largest absolute Gasteiger partial charge is 0.341 e. The van der Waals surface area contributed by atoms with E-state index in [-0.39, 0.29) is 5.91 Å². The number of hydrogen-bond acceptors (Lipinski definition) is 2. The number of nitrogens with one attached hydrogen (secondary N) is 1. The second-order valence-electron chi connectivity index (χ2n) is 4.60. The van der Waals surface area contributed by atoms with Gasteiger partial charge in [0, 0.05) is 38.4 Å². The monoisotopic (exact) mass is 235 g/mol. The Labute approximate surface area is 103 Å². The zero-order chi connectivity index (χ0) is 12.3. The Morgan fingerprint density at radius 2 is 2.18 bits per heavy atom. The Balaban J connectivity index is 2.15. The Morgan fingerprint density at radius 1 is 1.47 bits per heavy atom. The topological polar surface area (TPSA) is 37.3 Å². The summed E-state index contributed by atoms with van der Waals surface area (Å²) >= 11 is 0. The minimum Gasteiger partial charge on any atom is -0.341 e. The molecule has 1 N–H and O–H groups in total. The lowest BCUT2D eigenvalue weighted by molar-refractivity contribution is 0.0722. The van der Waals surface area contributed by atoms with Gasteiger partial charge in [-0.05, 0) is 25.5 Å². The Bertz CT molecular complexity index is 380. The first-order valence-corrected chi connectivity index (χ1v) is 6.41. The van der Waals surface area contributed by atoms with Crippen molar-refractivity contribution in [2.24, 2.45) is 0 Å². The van der Waals surface area contributed by atoms with Gasteiger partial charge in [0.05, 0.1) is 0 Å². The molecule has 4 heteroatoms. The summed E-state index contributed by atoms with van der Waals surface area (Å²) in [5.74, 6) is 0.164.